The number of aromatic nitrogens is 3. The highest BCUT2D eigenvalue weighted by Gasteiger charge is 2.14. The fourth-order valence-electron chi connectivity index (χ4n) is 1.98. The number of carbonyl (C=O) groups is 1. The van der Waals surface area contributed by atoms with Crippen LogP contribution in [0, 0.1) is 0 Å². The van der Waals surface area contributed by atoms with Crippen molar-refractivity contribution in [3.05, 3.63) is 60.7 Å². The molecule has 0 radical (unpaired) electrons. The molecular formula is C16H15N3O3. The Morgan fingerprint density at radius 1 is 1.23 bits per heavy atom. The van der Waals surface area contributed by atoms with Crippen LogP contribution in [0.1, 0.15) is 16.9 Å². The topological polar surface area (TPSA) is 70.2 Å². The summed E-state index contributed by atoms with van der Waals surface area (Å²) >= 11 is 0. The van der Waals surface area contributed by atoms with E-state index in [0.29, 0.717) is 25.5 Å². The zero-order valence-corrected chi connectivity index (χ0v) is 11.9. The maximum Gasteiger partial charge on any atom is 0.360 e. The van der Waals surface area contributed by atoms with Gasteiger partial charge in [-0.2, -0.15) is 5.10 Å². The molecule has 2 heterocycles. The van der Waals surface area contributed by atoms with Crippen LogP contribution in [0.25, 0.3) is 11.5 Å². The molecule has 0 aliphatic heterocycles. The number of carbonyl (C=O) groups excluding carboxylic acids is 1. The second-order valence-corrected chi connectivity index (χ2v) is 4.66. The number of aryl methyl sites for hydroxylation is 1. The van der Waals surface area contributed by atoms with E-state index in [9.17, 15) is 4.79 Å². The molecule has 6 nitrogen and oxygen atoms in total. The summed E-state index contributed by atoms with van der Waals surface area (Å²) in [5, 5.41) is 4.08. The van der Waals surface area contributed by atoms with Crippen LogP contribution in [0.3, 0.4) is 0 Å². The van der Waals surface area contributed by atoms with Crippen LogP contribution < -0.4 is 0 Å². The van der Waals surface area contributed by atoms with Gasteiger partial charge in [-0.1, -0.05) is 18.2 Å². The Labute approximate surface area is 127 Å². The molecule has 1 aromatic carbocycles. The number of rotatable bonds is 6. The van der Waals surface area contributed by atoms with Crippen molar-refractivity contribution in [3.63, 3.8) is 0 Å². The van der Waals surface area contributed by atoms with E-state index in [1.54, 1.807) is 10.9 Å². The minimum atomic E-state index is -0.480. The molecule has 112 valence electrons. The summed E-state index contributed by atoms with van der Waals surface area (Å²) < 4.78 is 12.3. The van der Waals surface area contributed by atoms with Gasteiger partial charge in [0.05, 0.1) is 6.61 Å². The summed E-state index contributed by atoms with van der Waals surface area (Å²) in [5.41, 5.74) is 0.998. The molecule has 2 aromatic heterocycles. The third-order valence-electron chi connectivity index (χ3n) is 3.06. The van der Waals surface area contributed by atoms with Gasteiger partial charge >= 0.3 is 5.97 Å². The van der Waals surface area contributed by atoms with Gasteiger partial charge in [0, 0.05) is 30.9 Å². The SMILES string of the molecule is O=C(OCCCn1cccn1)c1coc(-c2ccccc2)n1. The predicted octanol–water partition coefficient (Wildman–Crippen LogP) is 2.79. The predicted molar refractivity (Wildman–Crippen MR) is 79.1 cm³/mol. The van der Waals surface area contributed by atoms with Crippen molar-refractivity contribution in [2.24, 2.45) is 0 Å². The molecule has 0 aliphatic carbocycles. The van der Waals surface area contributed by atoms with E-state index in [1.165, 1.54) is 6.26 Å². The third kappa shape index (κ3) is 3.41. The number of hydrogen-bond acceptors (Lipinski definition) is 5. The van der Waals surface area contributed by atoms with E-state index in [2.05, 4.69) is 10.1 Å². The number of hydrogen-bond donors (Lipinski definition) is 0. The Bertz CT molecular complexity index is 720. The number of esters is 1. The summed E-state index contributed by atoms with van der Waals surface area (Å²) in [6.07, 6.45) is 5.59. The summed E-state index contributed by atoms with van der Waals surface area (Å²) in [7, 11) is 0. The lowest BCUT2D eigenvalue weighted by Crippen LogP contribution is -2.09. The van der Waals surface area contributed by atoms with Gasteiger partial charge in [-0.15, -0.1) is 0 Å². The van der Waals surface area contributed by atoms with E-state index in [0.717, 1.165) is 5.56 Å². The van der Waals surface area contributed by atoms with E-state index in [1.807, 2.05) is 42.6 Å². The van der Waals surface area contributed by atoms with E-state index in [4.69, 9.17) is 9.15 Å². The normalized spacial score (nSPS) is 10.5. The molecule has 3 rings (SSSR count). The number of nitrogens with zero attached hydrogens (tertiary/aromatic N) is 3. The second kappa shape index (κ2) is 6.71. The van der Waals surface area contributed by atoms with Crippen molar-refractivity contribution in [3.8, 4) is 11.5 Å². The number of benzene rings is 1. The van der Waals surface area contributed by atoms with E-state index in [-0.39, 0.29) is 5.69 Å². The fourth-order valence-corrected chi connectivity index (χ4v) is 1.98. The van der Waals surface area contributed by atoms with Crippen molar-refractivity contribution in [2.75, 3.05) is 6.61 Å². The molecule has 6 heteroatoms. The molecule has 0 bridgehead atoms. The van der Waals surface area contributed by atoms with Crippen molar-refractivity contribution >= 4 is 5.97 Å². The number of ether oxygens (including phenoxy) is 1. The maximum atomic E-state index is 11.9. The quantitative estimate of drug-likeness (QED) is 0.517. The van der Waals surface area contributed by atoms with Crippen molar-refractivity contribution in [1.29, 1.82) is 0 Å². The lowest BCUT2D eigenvalue weighted by molar-refractivity contribution is 0.0488. The molecule has 22 heavy (non-hydrogen) atoms. The first-order valence-corrected chi connectivity index (χ1v) is 6.98. The average Bonchev–Trinajstić information content (AvgIpc) is 3.24. The van der Waals surface area contributed by atoms with Gasteiger partial charge in [-0.3, -0.25) is 4.68 Å². The highest BCUT2D eigenvalue weighted by atomic mass is 16.5. The van der Waals surface area contributed by atoms with Crippen LogP contribution in [0.15, 0.2) is 59.5 Å². The Morgan fingerprint density at radius 2 is 2.09 bits per heavy atom. The van der Waals surface area contributed by atoms with Crippen LogP contribution in [0.4, 0.5) is 0 Å². The molecule has 0 spiro atoms. The van der Waals surface area contributed by atoms with Gasteiger partial charge in [0.1, 0.15) is 6.26 Å². The zero-order chi connectivity index (χ0) is 15.2. The van der Waals surface area contributed by atoms with E-state index < -0.39 is 5.97 Å². The first-order chi connectivity index (χ1) is 10.8. The Morgan fingerprint density at radius 3 is 2.86 bits per heavy atom. The van der Waals surface area contributed by atoms with Gasteiger partial charge in [-0.05, 0) is 18.2 Å². The first kappa shape index (κ1) is 14.1. The largest absolute Gasteiger partial charge is 0.461 e. The Kier molecular flexibility index (Phi) is 4.29. The van der Waals surface area contributed by atoms with Crippen LogP contribution in [-0.2, 0) is 11.3 Å². The van der Waals surface area contributed by atoms with Crippen molar-refractivity contribution in [2.45, 2.75) is 13.0 Å². The lowest BCUT2D eigenvalue weighted by Gasteiger charge is -2.02. The minimum absolute atomic E-state index is 0.179. The van der Waals surface area contributed by atoms with Crippen molar-refractivity contribution < 1.29 is 13.9 Å². The zero-order valence-electron chi connectivity index (χ0n) is 11.9. The molecule has 0 saturated heterocycles. The second-order valence-electron chi connectivity index (χ2n) is 4.66. The van der Waals surface area contributed by atoms with Crippen LogP contribution in [0.2, 0.25) is 0 Å². The molecule has 0 atom stereocenters. The maximum absolute atomic E-state index is 11.9. The third-order valence-corrected chi connectivity index (χ3v) is 3.06. The molecule has 0 fully saturated rings. The summed E-state index contributed by atoms with van der Waals surface area (Å²) in [5.74, 6) is -0.0736. The molecule has 0 unspecified atom stereocenters. The molecular weight excluding hydrogens is 282 g/mol. The molecule has 3 aromatic rings. The molecule has 0 amide bonds. The standard InChI is InChI=1S/C16H15N3O3/c20-16(21-11-5-10-19-9-4-8-17-19)14-12-22-15(18-14)13-6-2-1-3-7-13/h1-4,6-9,12H,5,10-11H2. The summed E-state index contributed by atoms with van der Waals surface area (Å²) in [6, 6.07) is 11.3. The Hall–Kier alpha value is -2.89. The lowest BCUT2D eigenvalue weighted by atomic mass is 10.2. The monoisotopic (exact) mass is 297 g/mol. The first-order valence-electron chi connectivity index (χ1n) is 6.98. The highest BCUT2D eigenvalue weighted by Crippen LogP contribution is 2.18. The van der Waals surface area contributed by atoms with Crippen LogP contribution >= 0.6 is 0 Å². The average molecular weight is 297 g/mol. The minimum Gasteiger partial charge on any atom is -0.461 e. The van der Waals surface area contributed by atoms with Crippen molar-refractivity contribution in [1.82, 2.24) is 14.8 Å². The Balaban J connectivity index is 1.51. The summed E-state index contributed by atoms with van der Waals surface area (Å²) in [4.78, 5) is 16.0. The molecule has 0 saturated carbocycles. The van der Waals surface area contributed by atoms with E-state index >= 15 is 0 Å². The number of oxazole rings is 1. The van der Waals surface area contributed by atoms with Gasteiger partial charge in [-0.25, -0.2) is 9.78 Å². The highest BCUT2D eigenvalue weighted by molar-refractivity contribution is 5.87. The van der Waals surface area contributed by atoms with Crippen LogP contribution in [-0.4, -0.2) is 27.3 Å². The van der Waals surface area contributed by atoms with Gasteiger partial charge in [0.2, 0.25) is 5.89 Å². The fraction of sp³-hybridized carbons (Fsp3) is 0.188. The van der Waals surface area contributed by atoms with Gasteiger partial charge < -0.3 is 9.15 Å². The van der Waals surface area contributed by atoms with Gasteiger partial charge in [0.25, 0.3) is 0 Å². The van der Waals surface area contributed by atoms with Gasteiger partial charge in [0.15, 0.2) is 5.69 Å². The molecule has 0 N–H and O–H groups in total. The molecule has 0 aliphatic rings. The smallest absolute Gasteiger partial charge is 0.360 e. The van der Waals surface area contributed by atoms with Crippen LogP contribution in [0.5, 0.6) is 0 Å². The summed E-state index contributed by atoms with van der Waals surface area (Å²) in [6.45, 7) is 1.01.